The quantitative estimate of drug-likeness (QED) is 0.734. The number of carbonyl (C=O) groups excluding carboxylic acids is 3. The minimum atomic E-state index is -0.636. The van der Waals surface area contributed by atoms with Gasteiger partial charge in [-0.25, -0.2) is 9.69 Å². The van der Waals surface area contributed by atoms with Gasteiger partial charge in [0.1, 0.15) is 11.3 Å². The minimum Gasteiger partial charge on any atom is -0.439 e. The third-order valence-electron chi connectivity index (χ3n) is 3.28. The van der Waals surface area contributed by atoms with Gasteiger partial charge in [0.05, 0.1) is 12.2 Å². The number of aromatic nitrogens is 1. The van der Waals surface area contributed by atoms with E-state index in [9.17, 15) is 14.4 Å². The molecule has 0 radical (unpaired) electrons. The van der Waals surface area contributed by atoms with Crippen molar-refractivity contribution in [1.29, 1.82) is 0 Å². The Morgan fingerprint density at radius 3 is 2.68 bits per heavy atom. The fourth-order valence-electron chi connectivity index (χ4n) is 2.18. The summed E-state index contributed by atoms with van der Waals surface area (Å²) in [5.41, 5.74) is 0.397. The summed E-state index contributed by atoms with van der Waals surface area (Å²) in [6.45, 7) is 2.06. The van der Waals surface area contributed by atoms with E-state index in [1.807, 2.05) is 0 Å². The van der Waals surface area contributed by atoms with E-state index in [1.54, 1.807) is 6.92 Å². The predicted octanol–water partition coefficient (Wildman–Crippen LogP) is -0.214. The monoisotopic (exact) mass is 265 g/mol. The van der Waals surface area contributed by atoms with Crippen molar-refractivity contribution in [2.24, 2.45) is 0 Å². The molecule has 8 heteroatoms. The van der Waals surface area contributed by atoms with Crippen molar-refractivity contribution in [2.75, 3.05) is 19.7 Å². The molecule has 2 saturated heterocycles. The molecule has 19 heavy (non-hydrogen) atoms. The van der Waals surface area contributed by atoms with Crippen LogP contribution in [0, 0.1) is 6.92 Å². The number of amides is 3. The highest BCUT2D eigenvalue weighted by Crippen LogP contribution is 2.22. The van der Waals surface area contributed by atoms with Gasteiger partial charge in [0.25, 0.3) is 11.8 Å². The Labute approximate surface area is 107 Å². The normalized spacial score (nSPS) is 19.6. The fourth-order valence-corrected chi connectivity index (χ4v) is 2.18. The summed E-state index contributed by atoms with van der Waals surface area (Å²) < 4.78 is 9.46. The largest absolute Gasteiger partial charge is 0.439 e. The third kappa shape index (κ3) is 1.76. The van der Waals surface area contributed by atoms with Crippen LogP contribution in [-0.4, -0.2) is 58.6 Å². The first kappa shape index (κ1) is 11.7. The first-order chi connectivity index (χ1) is 9.08. The second-order valence-corrected chi connectivity index (χ2v) is 4.48. The topological polar surface area (TPSA) is 93.0 Å². The van der Waals surface area contributed by atoms with Crippen molar-refractivity contribution < 1.29 is 23.6 Å². The maximum Gasteiger partial charge on any atom is 0.417 e. The lowest BCUT2D eigenvalue weighted by Gasteiger charge is -2.41. The smallest absolute Gasteiger partial charge is 0.417 e. The summed E-state index contributed by atoms with van der Waals surface area (Å²) >= 11 is 0. The molecule has 3 amide bonds. The van der Waals surface area contributed by atoms with Gasteiger partial charge in [-0.15, -0.1) is 0 Å². The molecule has 3 heterocycles. The fraction of sp³-hybridized carbons (Fsp3) is 0.455. The summed E-state index contributed by atoms with van der Waals surface area (Å²) in [7, 11) is 0. The summed E-state index contributed by atoms with van der Waals surface area (Å²) in [6.07, 6.45) is 0.726. The van der Waals surface area contributed by atoms with Crippen LogP contribution in [0.25, 0.3) is 0 Å². The van der Waals surface area contributed by atoms with Gasteiger partial charge in [0, 0.05) is 13.1 Å². The van der Waals surface area contributed by atoms with Gasteiger partial charge in [-0.1, -0.05) is 5.16 Å². The molecular weight excluding hydrogens is 254 g/mol. The van der Waals surface area contributed by atoms with Crippen molar-refractivity contribution in [3.05, 3.63) is 17.5 Å². The summed E-state index contributed by atoms with van der Waals surface area (Å²) in [6, 6.07) is -0.299. The zero-order chi connectivity index (χ0) is 13.6. The van der Waals surface area contributed by atoms with Crippen LogP contribution in [0.1, 0.15) is 16.1 Å². The number of nitrogens with zero attached hydrogens (tertiary/aromatic N) is 3. The van der Waals surface area contributed by atoms with E-state index in [-0.39, 0.29) is 24.5 Å². The van der Waals surface area contributed by atoms with Crippen molar-refractivity contribution in [1.82, 2.24) is 15.0 Å². The van der Waals surface area contributed by atoms with Crippen molar-refractivity contribution >= 4 is 17.9 Å². The summed E-state index contributed by atoms with van der Waals surface area (Å²) in [5, 5.41) is 3.54. The Hall–Kier alpha value is -2.38. The van der Waals surface area contributed by atoms with E-state index in [2.05, 4.69) is 9.89 Å². The Balaban J connectivity index is 1.64. The molecular formula is C11H11N3O5. The molecule has 3 rings (SSSR count). The number of hydrogen-bond acceptors (Lipinski definition) is 6. The molecule has 0 aliphatic carbocycles. The van der Waals surface area contributed by atoms with Gasteiger partial charge in [-0.3, -0.25) is 9.59 Å². The van der Waals surface area contributed by atoms with E-state index >= 15 is 0 Å². The molecule has 100 valence electrons. The third-order valence-corrected chi connectivity index (χ3v) is 3.28. The first-order valence-electron chi connectivity index (χ1n) is 5.77. The number of carbonyl (C=O) groups is 3. The maximum absolute atomic E-state index is 12.0. The highest BCUT2D eigenvalue weighted by molar-refractivity contribution is 5.99. The Bertz CT molecular complexity index is 544. The van der Waals surface area contributed by atoms with Gasteiger partial charge in [0.15, 0.2) is 6.61 Å². The lowest BCUT2D eigenvalue weighted by Crippen LogP contribution is -2.62. The number of rotatable bonds is 2. The van der Waals surface area contributed by atoms with Crippen LogP contribution in [0.4, 0.5) is 4.79 Å². The summed E-state index contributed by atoms with van der Waals surface area (Å²) in [4.78, 5) is 37.4. The Morgan fingerprint density at radius 1 is 1.42 bits per heavy atom. The SMILES string of the molecule is Cc1oncc1C(=O)N1CC(N2C(=O)COC2=O)C1. The average Bonchev–Trinajstić information content (AvgIpc) is 2.87. The lowest BCUT2D eigenvalue weighted by atomic mass is 10.1. The van der Waals surface area contributed by atoms with Crippen LogP contribution in [0.3, 0.4) is 0 Å². The molecule has 0 unspecified atom stereocenters. The van der Waals surface area contributed by atoms with Crippen LogP contribution in [0.15, 0.2) is 10.7 Å². The highest BCUT2D eigenvalue weighted by Gasteiger charge is 2.44. The summed E-state index contributed by atoms with van der Waals surface area (Å²) in [5.74, 6) is -0.122. The van der Waals surface area contributed by atoms with Crippen LogP contribution in [0.2, 0.25) is 0 Å². The molecule has 2 aliphatic heterocycles. The molecule has 0 bridgehead atoms. The number of cyclic esters (lactones) is 1. The van der Waals surface area contributed by atoms with E-state index < -0.39 is 6.09 Å². The Kier molecular flexibility index (Phi) is 2.51. The first-order valence-corrected chi connectivity index (χ1v) is 5.77. The second kappa shape index (κ2) is 4.08. The average molecular weight is 265 g/mol. The van der Waals surface area contributed by atoms with Crippen LogP contribution < -0.4 is 0 Å². The molecule has 0 atom stereocenters. The van der Waals surface area contributed by atoms with Gasteiger partial charge in [0.2, 0.25) is 0 Å². The zero-order valence-corrected chi connectivity index (χ0v) is 10.2. The molecule has 0 aromatic carbocycles. The number of aryl methyl sites for hydroxylation is 1. The van der Waals surface area contributed by atoms with Gasteiger partial charge >= 0.3 is 6.09 Å². The molecule has 8 nitrogen and oxygen atoms in total. The van der Waals surface area contributed by atoms with E-state index in [0.717, 1.165) is 4.90 Å². The zero-order valence-electron chi connectivity index (χ0n) is 10.2. The van der Waals surface area contributed by atoms with Gasteiger partial charge in [-0.05, 0) is 6.92 Å². The van der Waals surface area contributed by atoms with E-state index in [4.69, 9.17) is 4.52 Å². The van der Waals surface area contributed by atoms with Crippen LogP contribution >= 0.6 is 0 Å². The molecule has 0 spiro atoms. The molecule has 2 fully saturated rings. The highest BCUT2D eigenvalue weighted by atomic mass is 16.6. The van der Waals surface area contributed by atoms with Crippen molar-refractivity contribution in [3.63, 3.8) is 0 Å². The molecule has 1 aromatic heterocycles. The number of ether oxygens (including phenoxy) is 1. The van der Waals surface area contributed by atoms with Crippen LogP contribution in [0.5, 0.6) is 0 Å². The number of imide groups is 1. The maximum atomic E-state index is 12.0. The number of hydrogen-bond donors (Lipinski definition) is 0. The second-order valence-electron chi connectivity index (χ2n) is 4.48. The minimum absolute atomic E-state index is 0.213. The van der Waals surface area contributed by atoms with E-state index in [1.165, 1.54) is 11.1 Å². The van der Waals surface area contributed by atoms with Gasteiger partial charge < -0.3 is 14.2 Å². The molecule has 1 aromatic rings. The van der Waals surface area contributed by atoms with Gasteiger partial charge in [-0.2, -0.15) is 0 Å². The molecule has 2 aliphatic rings. The van der Waals surface area contributed by atoms with Crippen molar-refractivity contribution in [3.8, 4) is 0 Å². The van der Waals surface area contributed by atoms with E-state index in [0.29, 0.717) is 24.4 Å². The molecule has 0 N–H and O–H groups in total. The van der Waals surface area contributed by atoms with Crippen LogP contribution in [-0.2, 0) is 9.53 Å². The number of likely N-dealkylation sites (tertiary alicyclic amines) is 1. The standard InChI is InChI=1S/C11H11N3O5/c1-6-8(2-12-19-6)10(16)13-3-7(4-13)14-9(15)5-18-11(14)17/h2,7H,3-5H2,1H3. The Morgan fingerprint density at radius 2 is 2.16 bits per heavy atom. The van der Waals surface area contributed by atoms with Crippen molar-refractivity contribution in [2.45, 2.75) is 13.0 Å². The molecule has 0 saturated carbocycles. The lowest BCUT2D eigenvalue weighted by molar-refractivity contribution is -0.129. The predicted molar refractivity (Wildman–Crippen MR) is 59.1 cm³/mol.